The van der Waals surface area contributed by atoms with Crippen molar-refractivity contribution in [2.45, 2.75) is 32.9 Å². The quantitative estimate of drug-likeness (QED) is 0.888. The van der Waals surface area contributed by atoms with E-state index in [9.17, 15) is 13.2 Å². The maximum absolute atomic E-state index is 12.1. The number of hydrogen-bond donors (Lipinski definition) is 1. The van der Waals surface area contributed by atoms with Crippen molar-refractivity contribution in [2.24, 2.45) is 5.73 Å². The van der Waals surface area contributed by atoms with Gasteiger partial charge in [0.05, 0.1) is 12.7 Å². The molecule has 1 rings (SSSR count). The van der Waals surface area contributed by atoms with E-state index in [0.717, 1.165) is 0 Å². The second-order valence-corrected chi connectivity index (χ2v) is 4.06. The van der Waals surface area contributed by atoms with Crippen molar-refractivity contribution in [2.75, 3.05) is 6.54 Å². The van der Waals surface area contributed by atoms with Crippen molar-refractivity contribution in [3.63, 3.8) is 0 Å². The van der Waals surface area contributed by atoms with Gasteiger partial charge in [-0.25, -0.2) is 0 Å². The highest BCUT2D eigenvalue weighted by atomic mass is 19.4. The average Bonchev–Trinajstić information content (AvgIpc) is 2.22. The topological polar surface area (TPSA) is 44.5 Å². The second kappa shape index (κ2) is 6.06. The number of hydrogen-bond acceptors (Lipinski definition) is 3. The van der Waals surface area contributed by atoms with Gasteiger partial charge in [0.15, 0.2) is 0 Å². The van der Waals surface area contributed by atoms with E-state index in [0.29, 0.717) is 17.7 Å². The van der Waals surface area contributed by atoms with Crippen LogP contribution in [0, 0.1) is 6.92 Å². The molecule has 0 aliphatic heterocycles. The molecule has 0 saturated carbocycles. The third-order valence-electron chi connectivity index (χ3n) is 2.21. The number of alkyl halides is 3. The summed E-state index contributed by atoms with van der Waals surface area (Å²) in [5.74, 6) is -0.235. The molecule has 1 aromatic carbocycles. The largest absolute Gasteiger partial charge is 0.573 e. The van der Waals surface area contributed by atoms with Crippen molar-refractivity contribution in [1.29, 1.82) is 0 Å². The van der Waals surface area contributed by atoms with Crippen LogP contribution in [-0.4, -0.2) is 19.0 Å². The van der Waals surface area contributed by atoms with Gasteiger partial charge in [-0.3, -0.25) is 0 Å². The molecule has 3 nitrogen and oxygen atoms in total. The van der Waals surface area contributed by atoms with E-state index >= 15 is 0 Å². The Morgan fingerprint density at radius 3 is 2.50 bits per heavy atom. The van der Waals surface area contributed by atoms with Gasteiger partial charge < -0.3 is 15.2 Å². The van der Waals surface area contributed by atoms with Crippen LogP contribution in [0.5, 0.6) is 5.75 Å². The Bertz CT molecular complexity index is 393. The minimum Gasteiger partial charge on any atom is -0.406 e. The molecule has 102 valence electrons. The van der Waals surface area contributed by atoms with Gasteiger partial charge in [0.1, 0.15) is 5.75 Å². The fourth-order valence-corrected chi connectivity index (χ4v) is 1.41. The zero-order valence-corrected chi connectivity index (χ0v) is 10.3. The molecule has 0 fully saturated rings. The van der Waals surface area contributed by atoms with Gasteiger partial charge in [-0.1, -0.05) is 6.07 Å². The van der Waals surface area contributed by atoms with E-state index in [2.05, 4.69) is 4.74 Å². The summed E-state index contributed by atoms with van der Waals surface area (Å²) in [5.41, 5.74) is 6.68. The summed E-state index contributed by atoms with van der Waals surface area (Å²) in [5, 5.41) is 0. The van der Waals surface area contributed by atoms with Crippen LogP contribution in [0.1, 0.15) is 18.1 Å². The molecule has 0 bridgehead atoms. The minimum absolute atomic E-state index is 0.141. The Kier molecular flexibility index (Phi) is 4.98. The first kappa shape index (κ1) is 14.8. The maximum Gasteiger partial charge on any atom is 0.573 e. The number of halogens is 3. The zero-order chi connectivity index (χ0) is 13.8. The number of rotatable bonds is 5. The first-order valence-electron chi connectivity index (χ1n) is 5.48. The SMILES string of the molecule is Cc1cc(CO[C@H](C)CN)cc(OC(F)(F)F)c1. The molecule has 1 atom stereocenters. The molecule has 0 radical (unpaired) electrons. The normalized spacial score (nSPS) is 13.4. The lowest BCUT2D eigenvalue weighted by molar-refractivity contribution is -0.274. The van der Waals surface area contributed by atoms with E-state index < -0.39 is 6.36 Å². The summed E-state index contributed by atoms with van der Waals surface area (Å²) in [7, 11) is 0. The maximum atomic E-state index is 12.1. The third-order valence-corrected chi connectivity index (χ3v) is 2.21. The van der Waals surface area contributed by atoms with Crippen molar-refractivity contribution in [1.82, 2.24) is 0 Å². The third kappa shape index (κ3) is 5.37. The van der Waals surface area contributed by atoms with Gasteiger partial charge in [-0.2, -0.15) is 0 Å². The Balaban J connectivity index is 2.74. The van der Waals surface area contributed by atoms with Crippen LogP contribution in [0.3, 0.4) is 0 Å². The predicted octanol–water partition coefficient (Wildman–Crippen LogP) is 2.76. The van der Waals surface area contributed by atoms with Gasteiger partial charge in [-0.05, 0) is 37.1 Å². The summed E-state index contributed by atoms with van der Waals surface area (Å²) >= 11 is 0. The van der Waals surface area contributed by atoms with Gasteiger partial charge in [0.2, 0.25) is 0 Å². The molecule has 0 aliphatic rings. The summed E-state index contributed by atoms with van der Waals surface area (Å²) in [6.45, 7) is 4.05. The molecule has 6 heteroatoms. The fourth-order valence-electron chi connectivity index (χ4n) is 1.41. The Morgan fingerprint density at radius 1 is 1.28 bits per heavy atom. The van der Waals surface area contributed by atoms with Crippen LogP contribution in [0.25, 0.3) is 0 Å². The van der Waals surface area contributed by atoms with Crippen LogP contribution in [0.4, 0.5) is 13.2 Å². The highest BCUT2D eigenvalue weighted by molar-refractivity contribution is 5.33. The van der Waals surface area contributed by atoms with E-state index in [1.165, 1.54) is 12.1 Å². The van der Waals surface area contributed by atoms with Gasteiger partial charge in [0.25, 0.3) is 0 Å². The molecule has 0 saturated heterocycles. The summed E-state index contributed by atoms with van der Waals surface area (Å²) in [6, 6.07) is 4.37. The average molecular weight is 263 g/mol. The fraction of sp³-hybridized carbons (Fsp3) is 0.500. The summed E-state index contributed by atoms with van der Waals surface area (Å²) in [4.78, 5) is 0. The molecule has 0 amide bonds. The standard InChI is InChI=1S/C12H16F3NO2/c1-8-3-10(7-17-9(2)6-16)5-11(4-8)18-12(13,14)15/h3-5,9H,6-7,16H2,1-2H3/t9-/m1/s1. The molecule has 0 spiro atoms. The van der Waals surface area contributed by atoms with Gasteiger partial charge in [0, 0.05) is 6.54 Å². The first-order valence-corrected chi connectivity index (χ1v) is 5.48. The summed E-state index contributed by atoms with van der Waals surface area (Å²) < 4.78 is 45.5. The lowest BCUT2D eigenvalue weighted by atomic mass is 10.1. The van der Waals surface area contributed by atoms with E-state index in [4.69, 9.17) is 10.5 Å². The van der Waals surface area contributed by atoms with E-state index in [1.54, 1.807) is 19.9 Å². The van der Waals surface area contributed by atoms with Gasteiger partial charge >= 0.3 is 6.36 Å². The highest BCUT2D eigenvalue weighted by Gasteiger charge is 2.31. The first-order chi connectivity index (χ1) is 8.30. The van der Waals surface area contributed by atoms with Crippen LogP contribution < -0.4 is 10.5 Å². The molecule has 0 unspecified atom stereocenters. The second-order valence-electron chi connectivity index (χ2n) is 4.06. The number of benzene rings is 1. The molecule has 1 aromatic rings. The van der Waals surface area contributed by atoms with Crippen LogP contribution in [0.2, 0.25) is 0 Å². The highest BCUT2D eigenvalue weighted by Crippen LogP contribution is 2.25. The number of ether oxygens (including phenoxy) is 2. The van der Waals surface area contributed by atoms with Crippen LogP contribution in [-0.2, 0) is 11.3 Å². The van der Waals surface area contributed by atoms with Gasteiger partial charge in [-0.15, -0.1) is 13.2 Å². The Labute approximate surface area is 104 Å². The van der Waals surface area contributed by atoms with E-state index in [-0.39, 0.29) is 18.5 Å². The van der Waals surface area contributed by atoms with E-state index in [1.807, 2.05) is 0 Å². The Hall–Kier alpha value is -1.27. The van der Waals surface area contributed by atoms with Crippen LogP contribution >= 0.6 is 0 Å². The predicted molar refractivity (Wildman–Crippen MR) is 61.2 cm³/mol. The zero-order valence-electron chi connectivity index (χ0n) is 10.3. The van der Waals surface area contributed by atoms with Crippen molar-refractivity contribution in [3.8, 4) is 5.75 Å². The van der Waals surface area contributed by atoms with Crippen molar-refractivity contribution >= 4 is 0 Å². The lowest BCUT2D eigenvalue weighted by Gasteiger charge is -2.13. The minimum atomic E-state index is -4.68. The summed E-state index contributed by atoms with van der Waals surface area (Å²) in [6.07, 6.45) is -4.83. The molecule has 0 heterocycles. The molecule has 0 aromatic heterocycles. The Morgan fingerprint density at radius 2 is 1.94 bits per heavy atom. The molecule has 0 aliphatic carbocycles. The smallest absolute Gasteiger partial charge is 0.406 e. The molecule has 18 heavy (non-hydrogen) atoms. The van der Waals surface area contributed by atoms with Crippen LogP contribution in [0.15, 0.2) is 18.2 Å². The molecule has 2 N–H and O–H groups in total. The molecular formula is C12H16F3NO2. The number of nitrogens with two attached hydrogens (primary N) is 1. The molecular weight excluding hydrogens is 247 g/mol. The number of aryl methyl sites for hydroxylation is 1. The monoisotopic (exact) mass is 263 g/mol. The van der Waals surface area contributed by atoms with Crippen molar-refractivity contribution < 1.29 is 22.6 Å². The van der Waals surface area contributed by atoms with Crippen molar-refractivity contribution in [3.05, 3.63) is 29.3 Å². The lowest BCUT2D eigenvalue weighted by Crippen LogP contribution is -2.20.